The second-order valence-corrected chi connectivity index (χ2v) is 4.78. The topological polar surface area (TPSA) is 52.9 Å². The van der Waals surface area contributed by atoms with Crippen LogP contribution in [0.25, 0.3) is 0 Å². The quantitative estimate of drug-likeness (QED) is 0.716. The first-order valence-corrected chi connectivity index (χ1v) is 5.97. The third kappa shape index (κ3) is 2.50. The fourth-order valence-electron chi connectivity index (χ4n) is 2.86. The zero-order chi connectivity index (χ0) is 10.7. The monoisotopic (exact) mass is 206 g/mol. The predicted molar refractivity (Wildman–Crippen MR) is 56.8 cm³/mol. The minimum Gasteiger partial charge on any atom is -0.343 e. The molecule has 1 N–H and O–H groups in total. The normalized spacial score (nSPS) is 30.6. The van der Waals surface area contributed by atoms with E-state index in [2.05, 4.69) is 5.32 Å². The standard InChI is InChI=1S/C12H18N2O/c13-6-7-14-12(15)11-8-10(11)9-4-2-1-3-5-9/h9-11H,1-5,7-8H2,(H,14,15). The summed E-state index contributed by atoms with van der Waals surface area (Å²) in [4.78, 5) is 11.6. The Hall–Kier alpha value is -1.04. The Balaban J connectivity index is 1.75. The third-order valence-electron chi connectivity index (χ3n) is 3.77. The molecule has 2 atom stereocenters. The number of hydrogen-bond donors (Lipinski definition) is 1. The molecule has 0 bridgehead atoms. The van der Waals surface area contributed by atoms with Crippen LogP contribution in [0.15, 0.2) is 0 Å². The molecule has 2 unspecified atom stereocenters. The van der Waals surface area contributed by atoms with Crippen LogP contribution in [0.2, 0.25) is 0 Å². The number of carbonyl (C=O) groups is 1. The molecule has 15 heavy (non-hydrogen) atoms. The molecular weight excluding hydrogens is 188 g/mol. The van der Waals surface area contributed by atoms with Crippen molar-refractivity contribution in [2.45, 2.75) is 38.5 Å². The summed E-state index contributed by atoms with van der Waals surface area (Å²) in [5.41, 5.74) is 0. The number of carbonyl (C=O) groups excluding carboxylic acids is 1. The lowest BCUT2D eigenvalue weighted by Crippen LogP contribution is -2.26. The van der Waals surface area contributed by atoms with Crippen molar-refractivity contribution in [1.82, 2.24) is 5.32 Å². The highest BCUT2D eigenvalue weighted by Gasteiger charge is 2.47. The number of nitrogens with one attached hydrogen (secondary N) is 1. The first-order chi connectivity index (χ1) is 7.33. The Bertz CT molecular complexity index is 276. The highest BCUT2D eigenvalue weighted by atomic mass is 16.2. The molecule has 3 heteroatoms. The van der Waals surface area contributed by atoms with Crippen LogP contribution >= 0.6 is 0 Å². The smallest absolute Gasteiger partial charge is 0.224 e. The van der Waals surface area contributed by atoms with Gasteiger partial charge in [0.05, 0.1) is 6.07 Å². The van der Waals surface area contributed by atoms with Crippen molar-refractivity contribution in [3.8, 4) is 6.07 Å². The fourth-order valence-corrected chi connectivity index (χ4v) is 2.86. The maximum absolute atomic E-state index is 11.6. The van der Waals surface area contributed by atoms with Gasteiger partial charge in [-0.1, -0.05) is 32.1 Å². The predicted octanol–water partition coefficient (Wildman–Crippen LogP) is 1.84. The van der Waals surface area contributed by atoms with Crippen LogP contribution in [-0.2, 0) is 4.79 Å². The summed E-state index contributed by atoms with van der Waals surface area (Å²) in [6, 6.07) is 1.94. The molecule has 3 nitrogen and oxygen atoms in total. The summed E-state index contributed by atoms with van der Waals surface area (Å²) in [6.45, 7) is 0.159. The number of amides is 1. The van der Waals surface area contributed by atoms with Crippen LogP contribution in [-0.4, -0.2) is 12.5 Å². The van der Waals surface area contributed by atoms with E-state index in [4.69, 9.17) is 5.26 Å². The maximum Gasteiger partial charge on any atom is 0.224 e. The van der Waals surface area contributed by atoms with Crippen LogP contribution in [0.3, 0.4) is 0 Å². The van der Waals surface area contributed by atoms with Gasteiger partial charge in [0, 0.05) is 5.92 Å². The molecule has 0 aromatic rings. The van der Waals surface area contributed by atoms with Gasteiger partial charge in [0.15, 0.2) is 0 Å². The van der Waals surface area contributed by atoms with Crippen molar-refractivity contribution in [1.29, 1.82) is 5.26 Å². The average molecular weight is 206 g/mol. The molecule has 2 fully saturated rings. The van der Waals surface area contributed by atoms with Gasteiger partial charge in [0.1, 0.15) is 6.54 Å². The molecule has 2 aliphatic rings. The second-order valence-electron chi connectivity index (χ2n) is 4.78. The lowest BCUT2D eigenvalue weighted by Gasteiger charge is -2.21. The van der Waals surface area contributed by atoms with Crippen LogP contribution in [0, 0.1) is 29.1 Å². The van der Waals surface area contributed by atoms with Gasteiger partial charge in [-0.2, -0.15) is 5.26 Å². The highest BCUT2D eigenvalue weighted by molar-refractivity contribution is 5.81. The van der Waals surface area contributed by atoms with Crippen molar-refractivity contribution in [3.63, 3.8) is 0 Å². The van der Waals surface area contributed by atoms with E-state index in [0.29, 0.717) is 5.92 Å². The summed E-state index contributed by atoms with van der Waals surface area (Å²) in [6.07, 6.45) is 7.73. The highest BCUT2D eigenvalue weighted by Crippen LogP contribution is 2.49. The molecule has 0 radical (unpaired) electrons. The molecule has 0 spiro atoms. The van der Waals surface area contributed by atoms with Gasteiger partial charge in [-0.05, 0) is 18.3 Å². The molecule has 0 aliphatic heterocycles. The lowest BCUT2D eigenvalue weighted by atomic mass is 9.85. The SMILES string of the molecule is N#CCNC(=O)C1CC1C1CCCCC1. The molecule has 0 heterocycles. The van der Waals surface area contributed by atoms with Gasteiger partial charge in [-0.3, -0.25) is 4.79 Å². The van der Waals surface area contributed by atoms with Crippen molar-refractivity contribution in [3.05, 3.63) is 0 Å². The third-order valence-corrected chi connectivity index (χ3v) is 3.77. The molecule has 82 valence electrons. The maximum atomic E-state index is 11.6. The minimum atomic E-state index is 0.104. The fraction of sp³-hybridized carbons (Fsp3) is 0.833. The molecule has 0 aromatic carbocycles. The van der Waals surface area contributed by atoms with Gasteiger partial charge in [0.25, 0.3) is 0 Å². The van der Waals surface area contributed by atoms with Crippen LogP contribution in [0.1, 0.15) is 38.5 Å². The van der Waals surface area contributed by atoms with Gasteiger partial charge in [-0.15, -0.1) is 0 Å². The van der Waals surface area contributed by atoms with E-state index in [0.717, 1.165) is 12.3 Å². The number of hydrogen-bond acceptors (Lipinski definition) is 2. The average Bonchev–Trinajstić information content (AvgIpc) is 3.07. The van der Waals surface area contributed by atoms with E-state index in [1.54, 1.807) is 0 Å². The zero-order valence-corrected chi connectivity index (χ0v) is 9.04. The van der Waals surface area contributed by atoms with Crippen molar-refractivity contribution >= 4 is 5.91 Å². The van der Waals surface area contributed by atoms with Gasteiger partial charge in [-0.25, -0.2) is 0 Å². The first-order valence-electron chi connectivity index (χ1n) is 5.97. The molecule has 0 aromatic heterocycles. The Morgan fingerprint density at radius 2 is 2.07 bits per heavy atom. The Morgan fingerprint density at radius 3 is 2.73 bits per heavy atom. The summed E-state index contributed by atoms with van der Waals surface area (Å²) in [7, 11) is 0. The summed E-state index contributed by atoms with van der Waals surface area (Å²) in [5, 5.41) is 11.0. The Kier molecular flexibility index (Phi) is 3.25. The van der Waals surface area contributed by atoms with E-state index < -0.39 is 0 Å². The molecule has 0 saturated heterocycles. The van der Waals surface area contributed by atoms with Crippen molar-refractivity contribution in [2.75, 3.05) is 6.54 Å². The largest absolute Gasteiger partial charge is 0.343 e. The number of rotatable bonds is 3. The molecule has 2 saturated carbocycles. The van der Waals surface area contributed by atoms with E-state index in [-0.39, 0.29) is 18.4 Å². The Labute approximate surface area is 90.8 Å². The van der Waals surface area contributed by atoms with E-state index >= 15 is 0 Å². The molecular formula is C12H18N2O. The molecule has 2 aliphatic carbocycles. The lowest BCUT2D eigenvalue weighted by molar-refractivity contribution is -0.122. The Morgan fingerprint density at radius 1 is 1.33 bits per heavy atom. The summed E-state index contributed by atoms with van der Waals surface area (Å²) < 4.78 is 0. The zero-order valence-electron chi connectivity index (χ0n) is 9.04. The summed E-state index contributed by atoms with van der Waals surface area (Å²) in [5.74, 6) is 1.74. The van der Waals surface area contributed by atoms with Crippen LogP contribution < -0.4 is 5.32 Å². The van der Waals surface area contributed by atoms with Crippen molar-refractivity contribution in [2.24, 2.45) is 17.8 Å². The number of nitriles is 1. The molecule has 1 amide bonds. The van der Waals surface area contributed by atoms with Crippen LogP contribution in [0.5, 0.6) is 0 Å². The summed E-state index contributed by atoms with van der Waals surface area (Å²) >= 11 is 0. The van der Waals surface area contributed by atoms with Crippen molar-refractivity contribution < 1.29 is 4.79 Å². The van der Waals surface area contributed by atoms with Gasteiger partial charge in [0.2, 0.25) is 5.91 Å². The van der Waals surface area contributed by atoms with E-state index in [1.165, 1.54) is 32.1 Å². The van der Waals surface area contributed by atoms with Gasteiger partial charge < -0.3 is 5.32 Å². The van der Waals surface area contributed by atoms with Crippen LogP contribution in [0.4, 0.5) is 0 Å². The van der Waals surface area contributed by atoms with E-state index in [9.17, 15) is 4.79 Å². The second kappa shape index (κ2) is 4.65. The first kappa shape index (κ1) is 10.5. The molecule has 2 rings (SSSR count). The van der Waals surface area contributed by atoms with Gasteiger partial charge >= 0.3 is 0 Å². The van der Waals surface area contributed by atoms with E-state index in [1.807, 2.05) is 6.07 Å². The number of nitrogens with zero attached hydrogens (tertiary/aromatic N) is 1. The minimum absolute atomic E-state index is 0.104.